The van der Waals surface area contributed by atoms with Crippen molar-refractivity contribution in [1.82, 2.24) is 10.2 Å². The fourth-order valence-electron chi connectivity index (χ4n) is 3.01. The van der Waals surface area contributed by atoms with E-state index in [1.54, 1.807) is 24.3 Å². The van der Waals surface area contributed by atoms with E-state index < -0.39 is 0 Å². The molecule has 2 atom stereocenters. The molecule has 20 heavy (non-hydrogen) atoms. The molecule has 0 saturated carbocycles. The number of carbonyl (C=O) groups excluding carboxylic acids is 1. The van der Waals surface area contributed by atoms with Crippen molar-refractivity contribution in [3.8, 4) is 0 Å². The van der Waals surface area contributed by atoms with Gasteiger partial charge in [0.1, 0.15) is 0 Å². The van der Waals surface area contributed by atoms with Crippen molar-refractivity contribution in [1.29, 1.82) is 0 Å². The Hall–Kier alpha value is -1.06. The lowest BCUT2D eigenvalue weighted by Gasteiger charge is -2.34. The molecule has 0 radical (unpaired) electrons. The predicted molar refractivity (Wildman–Crippen MR) is 83.2 cm³/mol. The summed E-state index contributed by atoms with van der Waals surface area (Å²) in [4.78, 5) is 14.4. The zero-order chi connectivity index (χ0) is 14.5. The maximum absolute atomic E-state index is 12.0. The average molecular weight is 295 g/mol. The Kier molecular flexibility index (Phi) is 5.44. The van der Waals surface area contributed by atoms with Crippen LogP contribution in [0.4, 0.5) is 0 Å². The van der Waals surface area contributed by atoms with Crippen molar-refractivity contribution in [2.24, 2.45) is 11.8 Å². The third kappa shape index (κ3) is 4.50. The minimum absolute atomic E-state index is 0.0280. The average Bonchev–Trinajstić information content (AvgIpc) is 2.38. The lowest BCUT2D eigenvalue weighted by molar-refractivity contribution is 0.0936. The maximum Gasteiger partial charge on any atom is 0.251 e. The van der Waals surface area contributed by atoms with Crippen molar-refractivity contribution < 1.29 is 4.79 Å². The standard InChI is InChI=1S/C16H23ClN2O/c1-12-9-13(2)11-19(10-12)8-7-18-16(20)14-3-5-15(17)6-4-14/h3-6,12-13H,7-11H2,1-2H3,(H,18,20)/t12-,13-/m1/s1. The number of rotatable bonds is 4. The Morgan fingerprint density at radius 3 is 2.45 bits per heavy atom. The van der Waals surface area contributed by atoms with Crippen LogP contribution in [0.15, 0.2) is 24.3 Å². The summed E-state index contributed by atoms with van der Waals surface area (Å²) >= 11 is 5.81. The molecule has 0 aliphatic carbocycles. The molecule has 1 N–H and O–H groups in total. The molecule has 0 aromatic heterocycles. The minimum atomic E-state index is -0.0280. The SMILES string of the molecule is C[C@@H]1C[C@@H](C)CN(CCNC(=O)c2ccc(Cl)cc2)C1. The maximum atomic E-state index is 12.0. The Morgan fingerprint density at radius 1 is 1.25 bits per heavy atom. The number of hydrogen-bond donors (Lipinski definition) is 1. The molecule has 1 heterocycles. The van der Waals surface area contributed by atoms with Gasteiger partial charge in [-0.3, -0.25) is 4.79 Å². The van der Waals surface area contributed by atoms with Gasteiger partial charge in [-0.1, -0.05) is 25.4 Å². The number of carbonyl (C=O) groups is 1. The smallest absolute Gasteiger partial charge is 0.251 e. The quantitative estimate of drug-likeness (QED) is 0.926. The molecule has 1 fully saturated rings. The van der Waals surface area contributed by atoms with Crippen molar-refractivity contribution in [2.45, 2.75) is 20.3 Å². The van der Waals surface area contributed by atoms with E-state index >= 15 is 0 Å². The van der Waals surface area contributed by atoms with Crippen LogP contribution in [0.3, 0.4) is 0 Å². The lowest BCUT2D eigenvalue weighted by atomic mass is 9.92. The van der Waals surface area contributed by atoms with E-state index in [2.05, 4.69) is 24.1 Å². The van der Waals surface area contributed by atoms with Gasteiger partial charge in [-0.05, 0) is 42.5 Å². The number of likely N-dealkylation sites (tertiary alicyclic amines) is 1. The van der Waals surface area contributed by atoms with Crippen LogP contribution in [-0.2, 0) is 0 Å². The molecule has 1 saturated heterocycles. The number of hydrogen-bond acceptors (Lipinski definition) is 2. The van der Waals surface area contributed by atoms with Crippen molar-refractivity contribution in [2.75, 3.05) is 26.2 Å². The molecular formula is C16H23ClN2O. The van der Waals surface area contributed by atoms with Gasteiger partial charge in [0.15, 0.2) is 0 Å². The third-order valence-corrected chi connectivity index (χ3v) is 4.02. The number of piperidine rings is 1. The number of nitrogens with one attached hydrogen (secondary N) is 1. The van der Waals surface area contributed by atoms with Gasteiger partial charge in [0.05, 0.1) is 0 Å². The summed E-state index contributed by atoms with van der Waals surface area (Å²) in [6.45, 7) is 8.50. The molecule has 1 aliphatic heterocycles. The highest BCUT2D eigenvalue weighted by Gasteiger charge is 2.21. The molecular weight excluding hydrogens is 272 g/mol. The fourth-order valence-corrected chi connectivity index (χ4v) is 3.13. The van der Waals surface area contributed by atoms with Gasteiger partial charge in [0.2, 0.25) is 0 Å². The Balaban J connectivity index is 1.75. The molecule has 3 nitrogen and oxygen atoms in total. The van der Waals surface area contributed by atoms with Crippen LogP contribution in [-0.4, -0.2) is 37.0 Å². The van der Waals surface area contributed by atoms with E-state index in [4.69, 9.17) is 11.6 Å². The van der Waals surface area contributed by atoms with Crippen molar-refractivity contribution in [3.63, 3.8) is 0 Å². The first-order valence-electron chi connectivity index (χ1n) is 7.30. The van der Waals surface area contributed by atoms with Gasteiger partial charge in [0, 0.05) is 36.8 Å². The van der Waals surface area contributed by atoms with Gasteiger partial charge >= 0.3 is 0 Å². The highest BCUT2D eigenvalue weighted by Crippen LogP contribution is 2.20. The predicted octanol–water partition coefficient (Wildman–Crippen LogP) is 3.05. The van der Waals surface area contributed by atoms with Crippen LogP contribution in [0.5, 0.6) is 0 Å². The van der Waals surface area contributed by atoms with E-state index in [1.807, 2.05) is 0 Å². The highest BCUT2D eigenvalue weighted by molar-refractivity contribution is 6.30. The summed E-state index contributed by atoms with van der Waals surface area (Å²) in [6.07, 6.45) is 1.31. The minimum Gasteiger partial charge on any atom is -0.351 e. The molecule has 0 unspecified atom stereocenters. The van der Waals surface area contributed by atoms with Crippen LogP contribution in [0.2, 0.25) is 5.02 Å². The summed E-state index contributed by atoms with van der Waals surface area (Å²) < 4.78 is 0. The Labute approximate surface area is 126 Å². The second-order valence-corrected chi connectivity index (χ2v) is 6.40. The summed E-state index contributed by atoms with van der Waals surface area (Å²) in [5.41, 5.74) is 0.662. The summed E-state index contributed by atoms with van der Waals surface area (Å²) in [6, 6.07) is 6.99. The van der Waals surface area contributed by atoms with Crippen LogP contribution in [0.1, 0.15) is 30.6 Å². The third-order valence-electron chi connectivity index (χ3n) is 3.76. The second-order valence-electron chi connectivity index (χ2n) is 5.97. The lowest BCUT2D eigenvalue weighted by Crippen LogP contribution is -2.42. The number of benzene rings is 1. The summed E-state index contributed by atoms with van der Waals surface area (Å²) in [5, 5.41) is 3.62. The van der Waals surface area contributed by atoms with Crippen LogP contribution >= 0.6 is 11.6 Å². The van der Waals surface area contributed by atoms with E-state index in [1.165, 1.54) is 6.42 Å². The number of halogens is 1. The molecule has 110 valence electrons. The summed E-state index contributed by atoms with van der Waals surface area (Å²) in [5.74, 6) is 1.48. The van der Waals surface area contributed by atoms with E-state index in [9.17, 15) is 4.79 Å². The first kappa shape index (κ1) is 15.3. The molecule has 1 aromatic carbocycles. The normalized spacial score (nSPS) is 23.6. The largest absolute Gasteiger partial charge is 0.351 e. The van der Waals surface area contributed by atoms with Crippen LogP contribution in [0.25, 0.3) is 0 Å². The molecule has 2 rings (SSSR count). The molecule has 1 aromatic rings. The molecule has 0 spiro atoms. The second kappa shape index (κ2) is 7.09. The van der Waals surface area contributed by atoms with Gasteiger partial charge in [0.25, 0.3) is 5.91 Å². The highest BCUT2D eigenvalue weighted by atomic mass is 35.5. The van der Waals surface area contributed by atoms with Crippen molar-refractivity contribution >= 4 is 17.5 Å². The summed E-state index contributed by atoms with van der Waals surface area (Å²) in [7, 11) is 0. The van der Waals surface area contributed by atoms with Crippen LogP contribution in [0, 0.1) is 11.8 Å². The number of amides is 1. The Bertz CT molecular complexity index is 436. The molecule has 1 aliphatic rings. The van der Waals surface area contributed by atoms with Gasteiger partial charge in [-0.15, -0.1) is 0 Å². The fraction of sp³-hybridized carbons (Fsp3) is 0.562. The van der Waals surface area contributed by atoms with Gasteiger partial charge < -0.3 is 10.2 Å². The molecule has 4 heteroatoms. The number of nitrogens with zero attached hydrogens (tertiary/aromatic N) is 1. The zero-order valence-electron chi connectivity index (χ0n) is 12.2. The topological polar surface area (TPSA) is 32.3 Å². The van der Waals surface area contributed by atoms with E-state index in [0.717, 1.165) is 31.5 Å². The monoisotopic (exact) mass is 294 g/mol. The van der Waals surface area contributed by atoms with Crippen molar-refractivity contribution in [3.05, 3.63) is 34.9 Å². The zero-order valence-corrected chi connectivity index (χ0v) is 13.0. The van der Waals surface area contributed by atoms with Gasteiger partial charge in [-0.2, -0.15) is 0 Å². The van der Waals surface area contributed by atoms with Gasteiger partial charge in [-0.25, -0.2) is 0 Å². The Morgan fingerprint density at radius 2 is 1.85 bits per heavy atom. The molecule has 1 amide bonds. The van der Waals surface area contributed by atoms with Crippen LogP contribution < -0.4 is 5.32 Å². The van der Waals surface area contributed by atoms with E-state index in [0.29, 0.717) is 17.1 Å². The first-order chi connectivity index (χ1) is 9.54. The van der Waals surface area contributed by atoms with E-state index in [-0.39, 0.29) is 5.91 Å². The molecule has 0 bridgehead atoms. The first-order valence-corrected chi connectivity index (χ1v) is 7.68.